The Kier molecular flexibility index (Phi) is 3.60. The lowest BCUT2D eigenvalue weighted by molar-refractivity contribution is -0.148. The Morgan fingerprint density at radius 1 is 1.33 bits per heavy atom. The normalized spacial score (nSPS) is 29.3. The summed E-state index contributed by atoms with van der Waals surface area (Å²) in [7, 11) is 1.28. The molecule has 0 aliphatic carbocycles. The molecule has 5 nitrogen and oxygen atoms in total. The third kappa shape index (κ3) is 3.14. The van der Waals surface area contributed by atoms with E-state index in [0.29, 0.717) is 6.29 Å². The van der Waals surface area contributed by atoms with Gasteiger partial charge in [0.2, 0.25) is 0 Å². The van der Waals surface area contributed by atoms with E-state index in [1.807, 2.05) is 0 Å². The van der Waals surface area contributed by atoms with Crippen molar-refractivity contribution in [3.8, 4) is 0 Å². The summed E-state index contributed by atoms with van der Waals surface area (Å²) < 4.78 is 15.1. The van der Waals surface area contributed by atoms with Crippen molar-refractivity contribution in [3.63, 3.8) is 0 Å². The molecule has 0 bridgehead atoms. The molecule has 15 heavy (non-hydrogen) atoms. The van der Waals surface area contributed by atoms with Gasteiger partial charge in [0.05, 0.1) is 7.11 Å². The summed E-state index contributed by atoms with van der Waals surface area (Å²) in [4.78, 5) is 21.5. The number of carbonyl (C=O) groups is 2. The minimum atomic E-state index is -0.809. The van der Waals surface area contributed by atoms with Gasteiger partial charge in [-0.2, -0.15) is 0 Å². The van der Waals surface area contributed by atoms with Gasteiger partial charge in [-0.15, -0.1) is 0 Å². The van der Waals surface area contributed by atoms with E-state index in [0.717, 1.165) is 0 Å². The van der Waals surface area contributed by atoms with Crippen LogP contribution in [0.3, 0.4) is 0 Å². The first-order valence-electron chi connectivity index (χ1n) is 4.55. The molecular formula is C10H14O5. The van der Waals surface area contributed by atoms with Crippen molar-refractivity contribution in [2.75, 3.05) is 7.11 Å². The average molecular weight is 214 g/mol. The Morgan fingerprint density at radius 2 is 1.93 bits per heavy atom. The molecule has 0 aromatic carbocycles. The topological polar surface area (TPSA) is 61.8 Å². The lowest BCUT2D eigenvalue weighted by Crippen LogP contribution is -2.22. The molecule has 1 heterocycles. The van der Waals surface area contributed by atoms with Crippen LogP contribution >= 0.6 is 0 Å². The molecular weight excluding hydrogens is 200 g/mol. The summed E-state index contributed by atoms with van der Waals surface area (Å²) in [5, 5.41) is 0. The van der Waals surface area contributed by atoms with Crippen molar-refractivity contribution < 1.29 is 23.8 Å². The predicted molar refractivity (Wildman–Crippen MR) is 51.0 cm³/mol. The van der Waals surface area contributed by atoms with E-state index in [4.69, 9.17) is 9.47 Å². The number of rotatable bonds is 3. The number of hydrogen-bond acceptors (Lipinski definition) is 5. The Hall–Kier alpha value is -1.20. The van der Waals surface area contributed by atoms with E-state index in [9.17, 15) is 9.59 Å². The van der Waals surface area contributed by atoms with Crippen LogP contribution in [0.2, 0.25) is 0 Å². The molecule has 5 heteroatoms. The quantitative estimate of drug-likeness (QED) is 0.387. The van der Waals surface area contributed by atoms with E-state index in [-0.39, 0.29) is 0 Å². The molecule has 1 rings (SSSR count). The first-order valence-corrected chi connectivity index (χ1v) is 4.55. The number of ether oxygens (including phenoxy) is 3. The molecule has 2 atom stereocenters. The van der Waals surface area contributed by atoms with Gasteiger partial charge in [-0.1, -0.05) is 0 Å². The van der Waals surface area contributed by atoms with Gasteiger partial charge in [0.15, 0.2) is 12.1 Å². The fraction of sp³-hybridized carbons (Fsp3) is 0.600. The minimum Gasteiger partial charge on any atom is -0.466 e. The highest BCUT2D eigenvalue weighted by molar-refractivity contribution is 5.82. The van der Waals surface area contributed by atoms with E-state index in [1.54, 1.807) is 13.8 Å². The molecule has 0 spiro atoms. The van der Waals surface area contributed by atoms with Crippen LogP contribution in [0.25, 0.3) is 0 Å². The molecule has 0 radical (unpaired) electrons. The van der Waals surface area contributed by atoms with Gasteiger partial charge in [-0.3, -0.25) is 0 Å². The van der Waals surface area contributed by atoms with Crippen molar-refractivity contribution in [2.24, 2.45) is 0 Å². The number of esters is 1. The summed E-state index contributed by atoms with van der Waals surface area (Å²) in [5.41, 5.74) is 0. The zero-order valence-corrected chi connectivity index (χ0v) is 8.93. The molecule has 1 fully saturated rings. The molecule has 0 saturated carbocycles. The van der Waals surface area contributed by atoms with Crippen molar-refractivity contribution >= 4 is 12.3 Å². The maximum Gasteiger partial charge on any atom is 0.330 e. The lowest BCUT2D eigenvalue weighted by atomic mass is 10.2. The van der Waals surface area contributed by atoms with Crippen LogP contribution in [0.5, 0.6) is 0 Å². The summed E-state index contributed by atoms with van der Waals surface area (Å²) in [5.74, 6) is -1.30. The Balaban J connectivity index is 2.65. The maximum absolute atomic E-state index is 10.8. The minimum absolute atomic E-state index is 0.493. The highest BCUT2D eigenvalue weighted by atomic mass is 16.8. The fourth-order valence-electron chi connectivity index (χ4n) is 1.31. The molecule has 0 aromatic rings. The molecule has 0 amide bonds. The number of carbonyl (C=O) groups excluding carboxylic acids is 2. The number of hydrogen-bond donors (Lipinski definition) is 0. The SMILES string of the molecule is COC(=O)/C=C\[C@@H]1OC(C)(C)O[C@@H]1C=O. The van der Waals surface area contributed by atoms with Crippen LogP contribution in [0.15, 0.2) is 12.2 Å². The zero-order valence-electron chi connectivity index (χ0n) is 8.93. The van der Waals surface area contributed by atoms with Gasteiger partial charge >= 0.3 is 5.97 Å². The van der Waals surface area contributed by atoms with E-state index >= 15 is 0 Å². The lowest BCUT2D eigenvalue weighted by Gasteiger charge is -2.15. The standard InChI is InChI=1S/C10H14O5/c1-10(2)14-7(8(6-11)15-10)4-5-9(12)13-3/h4-8H,1-3H3/b5-4-/t7-,8+/m0/s1. The third-order valence-corrected chi connectivity index (χ3v) is 1.92. The Bertz CT molecular complexity index is 282. The van der Waals surface area contributed by atoms with Crippen LogP contribution in [0.4, 0.5) is 0 Å². The number of aldehydes is 1. The fourth-order valence-corrected chi connectivity index (χ4v) is 1.31. The van der Waals surface area contributed by atoms with E-state index < -0.39 is 24.0 Å². The molecule has 0 aromatic heterocycles. The van der Waals surface area contributed by atoms with Gasteiger partial charge in [-0.05, 0) is 19.9 Å². The van der Waals surface area contributed by atoms with Gasteiger partial charge in [-0.25, -0.2) is 4.79 Å². The van der Waals surface area contributed by atoms with Gasteiger partial charge in [0.1, 0.15) is 12.2 Å². The Morgan fingerprint density at radius 3 is 2.47 bits per heavy atom. The molecule has 84 valence electrons. The largest absolute Gasteiger partial charge is 0.466 e. The van der Waals surface area contributed by atoms with Crippen molar-refractivity contribution in [2.45, 2.75) is 31.8 Å². The summed E-state index contributed by atoms with van der Waals surface area (Å²) in [6.07, 6.45) is 2.10. The number of methoxy groups -OCH3 is 1. The molecule has 0 unspecified atom stereocenters. The van der Waals surface area contributed by atoms with Crippen LogP contribution in [-0.2, 0) is 23.8 Å². The zero-order chi connectivity index (χ0) is 11.5. The second-order valence-corrected chi connectivity index (χ2v) is 3.58. The van der Waals surface area contributed by atoms with Gasteiger partial charge in [0, 0.05) is 6.08 Å². The summed E-state index contributed by atoms with van der Waals surface area (Å²) in [6.45, 7) is 3.41. The first kappa shape index (κ1) is 11.9. The second-order valence-electron chi connectivity index (χ2n) is 3.58. The van der Waals surface area contributed by atoms with Crippen molar-refractivity contribution in [3.05, 3.63) is 12.2 Å². The molecule has 0 N–H and O–H groups in total. The molecule has 1 aliphatic rings. The summed E-state index contributed by atoms with van der Waals surface area (Å²) in [6, 6.07) is 0. The molecule has 1 aliphatic heterocycles. The smallest absolute Gasteiger partial charge is 0.330 e. The summed E-state index contributed by atoms with van der Waals surface area (Å²) >= 11 is 0. The maximum atomic E-state index is 10.8. The second kappa shape index (κ2) is 4.55. The van der Waals surface area contributed by atoms with Crippen LogP contribution < -0.4 is 0 Å². The highest BCUT2D eigenvalue weighted by Gasteiger charge is 2.39. The third-order valence-electron chi connectivity index (χ3n) is 1.92. The van der Waals surface area contributed by atoms with Gasteiger partial charge in [0.25, 0.3) is 0 Å². The van der Waals surface area contributed by atoms with E-state index in [1.165, 1.54) is 19.3 Å². The van der Waals surface area contributed by atoms with Crippen LogP contribution in [0, 0.1) is 0 Å². The van der Waals surface area contributed by atoms with E-state index in [2.05, 4.69) is 4.74 Å². The average Bonchev–Trinajstić information content (AvgIpc) is 2.49. The highest BCUT2D eigenvalue weighted by Crippen LogP contribution is 2.27. The van der Waals surface area contributed by atoms with Crippen LogP contribution in [0.1, 0.15) is 13.8 Å². The monoisotopic (exact) mass is 214 g/mol. The van der Waals surface area contributed by atoms with Crippen molar-refractivity contribution in [1.29, 1.82) is 0 Å². The van der Waals surface area contributed by atoms with Gasteiger partial charge < -0.3 is 19.0 Å². The Labute approximate surface area is 88.0 Å². The first-order chi connectivity index (χ1) is 6.98. The van der Waals surface area contributed by atoms with Crippen molar-refractivity contribution in [1.82, 2.24) is 0 Å². The van der Waals surface area contributed by atoms with Crippen LogP contribution in [-0.4, -0.2) is 37.4 Å². The molecule has 1 saturated heterocycles. The predicted octanol–water partition coefficient (Wildman–Crippen LogP) is 0.435.